The van der Waals surface area contributed by atoms with Crippen LogP contribution in [0, 0.1) is 10.1 Å². The third-order valence-electron chi connectivity index (χ3n) is 3.95. The molecule has 1 N–H and O–H groups in total. The first-order valence-electron chi connectivity index (χ1n) is 7.01. The SMILES string of the molecule is CC1(C)CNCCN1c1ccc2cc([N+](=O)[O-])ccc2n1. The van der Waals surface area contributed by atoms with E-state index in [0.29, 0.717) is 0 Å². The van der Waals surface area contributed by atoms with Crippen LogP contribution in [0.25, 0.3) is 10.9 Å². The van der Waals surface area contributed by atoms with Crippen molar-refractivity contribution in [1.82, 2.24) is 10.3 Å². The molecule has 0 radical (unpaired) electrons. The predicted molar refractivity (Wildman–Crippen MR) is 82.7 cm³/mol. The van der Waals surface area contributed by atoms with Gasteiger partial charge in [0.1, 0.15) is 5.82 Å². The summed E-state index contributed by atoms with van der Waals surface area (Å²) >= 11 is 0. The van der Waals surface area contributed by atoms with Gasteiger partial charge < -0.3 is 10.2 Å². The molecular weight excluding hydrogens is 268 g/mol. The number of nitro groups is 1. The second-order valence-electron chi connectivity index (χ2n) is 5.94. The first kappa shape index (κ1) is 13.8. The lowest BCUT2D eigenvalue weighted by Gasteiger charge is -2.43. The summed E-state index contributed by atoms with van der Waals surface area (Å²) in [4.78, 5) is 17.4. The summed E-state index contributed by atoms with van der Waals surface area (Å²) in [6, 6.07) is 8.63. The lowest BCUT2D eigenvalue weighted by molar-refractivity contribution is -0.384. The zero-order valence-corrected chi connectivity index (χ0v) is 12.2. The molecule has 1 fully saturated rings. The number of anilines is 1. The molecule has 6 heteroatoms. The van der Waals surface area contributed by atoms with Crippen LogP contribution < -0.4 is 10.2 Å². The Bertz CT molecular complexity index is 699. The van der Waals surface area contributed by atoms with Gasteiger partial charge in [-0.25, -0.2) is 4.98 Å². The lowest BCUT2D eigenvalue weighted by Crippen LogP contribution is -2.58. The van der Waals surface area contributed by atoms with E-state index in [0.717, 1.165) is 36.4 Å². The van der Waals surface area contributed by atoms with Crippen molar-refractivity contribution in [2.24, 2.45) is 0 Å². The van der Waals surface area contributed by atoms with Gasteiger partial charge in [-0.1, -0.05) is 0 Å². The van der Waals surface area contributed by atoms with Gasteiger partial charge >= 0.3 is 0 Å². The van der Waals surface area contributed by atoms with Crippen LogP contribution in [-0.4, -0.2) is 35.1 Å². The number of nitro benzene ring substituents is 1. The first-order valence-corrected chi connectivity index (χ1v) is 7.01. The predicted octanol–water partition coefficient (Wildman–Crippen LogP) is 2.33. The molecule has 2 aromatic rings. The van der Waals surface area contributed by atoms with Gasteiger partial charge in [0, 0.05) is 42.7 Å². The topological polar surface area (TPSA) is 71.3 Å². The van der Waals surface area contributed by atoms with E-state index in [1.54, 1.807) is 12.1 Å². The summed E-state index contributed by atoms with van der Waals surface area (Å²) in [6.45, 7) is 7.11. The van der Waals surface area contributed by atoms with E-state index in [9.17, 15) is 10.1 Å². The third kappa shape index (κ3) is 2.54. The number of non-ortho nitro benzene ring substituents is 1. The summed E-state index contributed by atoms with van der Waals surface area (Å²) in [7, 11) is 0. The van der Waals surface area contributed by atoms with Crippen LogP contribution in [0.4, 0.5) is 11.5 Å². The Balaban J connectivity index is 2.01. The maximum absolute atomic E-state index is 10.8. The lowest BCUT2D eigenvalue weighted by atomic mass is 10.00. The highest BCUT2D eigenvalue weighted by atomic mass is 16.6. The normalized spacial score (nSPS) is 17.9. The van der Waals surface area contributed by atoms with Gasteiger partial charge in [-0.2, -0.15) is 0 Å². The summed E-state index contributed by atoms with van der Waals surface area (Å²) in [5.74, 6) is 0.919. The monoisotopic (exact) mass is 286 g/mol. The Hall–Kier alpha value is -2.21. The third-order valence-corrected chi connectivity index (χ3v) is 3.95. The number of pyridine rings is 1. The average Bonchev–Trinajstić information content (AvgIpc) is 2.45. The van der Waals surface area contributed by atoms with E-state index in [1.807, 2.05) is 12.1 Å². The molecule has 110 valence electrons. The summed E-state index contributed by atoms with van der Waals surface area (Å²) in [5, 5.41) is 15.0. The maximum atomic E-state index is 10.8. The number of benzene rings is 1. The molecule has 1 saturated heterocycles. The first-order chi connectivity index (χ1) is 9.97. The molecule has 21 heavy (non-hydrogen) atoms. The highest BCUT2D eigenvalue weighted by molar-refractivity contribution is 5.82. The smallest absolute Gasteiger partial charge is 0.270 e. The van der Waals surface area contributed by atoms with Crippen LogP contribution in [0.1, 0.15) is 13.8 Å². The minimum Gasteiger partial charge on any atom is -0.349 e. The van der Waals surface area contributed by atoms with Crippen molar-refractivity contribution in [3.63, 3.8) is 0 Å². The Labute approximate surface area is 122 Å². The van der Waals surface area contributed by atoms with Crippen LogP contribution in [0.2, 0.25) is 0 Å². The molecule has 0 atom stereocenters. The second-order valence-corrected chi connectivity index (χ2v) is 5.94. The molecule has 0 saturated carbocycles. The van der Waals surface area contributed by atoms with Crippen molar-refractivity contribution in [2.75, 3.05) is 24.5 Å². The summed E-state index contributed by atoms with van der Waals surface area (Å²) in [5.41, 5.74) is 0.881. The molecule has 1 aliphatic heterocycles. The van der Waals surface area contributed by atoms with E-state index in [-0.39, 0.29) is 16.1 Å². The molecule has 1 aromatic heterocycles. The Morgan fingerprint density at radius 3 is 2.86 bits per heavy atom. The van der Waals surface area contributed by atoms with Crippen LogP contribution in [-0.2, 0) is 0 Å². The Morgan fingerprint density at radius 2 is 2.14 bits per heavy atom. The number of nitrogens with one attached hydrogen (secondary N) is 1. The summed E-state index contributed by atoms with van der Waals surface area (Å²) in [6.07, 6.45) is 0. The minimum atomic E-state index is -0.382. The molecule has 0 bridgehead atoms. The van der Waals surface area contributed by atoms with Crippen molar-refractivity contribution in [1.29, 1.82) is 0 Å². The quantitative estimate of drug-likeness (QED) is 0.677. The largest absolute Gasteiger partial charge is 0.349 e. The van der Waals surface area contributed by atoms with E-state index in [1.165, 1.54) is 6.07 Å². The number of hydrogen-bond donors (Lipinski definition) is 1. The number of nitrogens with zero attached hydrogens (tertiary/aromatic N) is 3. The van der Waals surface area contributed by atoms with Gasteiger partial charge in [0.05, 0.1) is 10.4 Å². The standard InChI is InChI=1S/C15H18N4O2/c1-15(2)10-16-7-8-18(15)14-6-3-11-9-12(19(20)21)4-5-13(11)17-14/h3-6,9,16H,7-8,10H2,1-2H3. The molecule has 0 spiro atoms. The van der Waals surface area contributed by atoms with Gasteiger partial charge in [0.2, 0.25) is 0 Å². The van der Waals surface area contributed by atoms with E-state index < -0.39 is 0 Å². The number of rotatable bonds is 2. The fourth-order valence-electron chi connectivity index (χ4n) is 2.77. The number of aromatic nitrogens is 1. The molecule has 0 amide bonds. The van der Waals surface area contributed by atoms with Gasteiger partial charge in [0.25, 0.3) is 5.69 Å². The minimum absolute atomic E-state index is 0.000294. The van der Waals surface area contributed by atoms with Crippen molar-refractivity contribution in [2.45, 2.75) is 19.4 Å². The second kappa shape index (κ2) is 4.96. The van der Waals surface area contributed by atoms with Crippen LogP contribution in [0.3, 0.4) is 0 Å². The Kier molecular flexibility index (Phi) is 3.25. The number of fused-ring (bicyclic) bond motifs is 1. The van der Waals surface area contributed by atoms with Crippen LogP contribution in [0.15, 0.2) is 30.3 Å². The zero-order valence-electron chi connectivity index (χ0n) is 12.2. The molecule has 1 aromatic carbocycles. The highest BCUT2D eigenvalue weighted by Crippen LogP contribution is 2.27. The molecule has 3 rings (SSSR count). The van der Waals surface area contributed by atoms with Crippen molar-refractivity contribution >= 4 is 22.4 Å². The Morgan fingerprint density at radius 1 is 1.33 bits per heavy atom. The van der Waals surface area contributed by atoms with Gasteiger partial charge in [-0.05, 0) is 32.0 Å². The molecule has 2 heterocycles. The van der Waals surface area contributed by atoms with E-state index >= 15 is 0 Å². The number of piperazine rings is 1. The van der Waals surface area contributed by atoms with Crippen LogP contribution >= 0.6 is 0 Å². The zero-order chi connectivity index (χ0) is 15.0. The molecule has 0 unspecified atom stereocenters. The van der Waals surface area contributed by atoms with Gasteiger partial charge in [-0.15, -0.1) is 0 Å². The highest BCUT2D eigenvalue weighted by Gasteiger charge is 2.30. The van der Waals surface area contributed by atoms with Crippen LogP contribution in [0.5, 0.6) is 0 Å². The van der Waals surface area contributed by atoms with E-state index in [2.05, 4.69) is 29.0 Å². The fourth-order valence-corrected chi connectivity index (χ4v) is 2.77. The van der Waals surface area contributed by atoms with Gasteiger partial charge in [0.15, 0.2) is 0 Å². The average molecular weight is 286 g/mol. The van der Waals surface area contributed by atoms with Crippen molar-refractivity contribution in [3.05, 3.63) is 40.4 Å². The molecule has 0 aliphatic carbocycles. The van der Waals surface area contributed by atoms with Gasteiger partial charge in [-0.3, -0.25) is 10.1 Å². The maximum Gasteiger partial charge on any atom is 0.270 e. The molecule has 6 nitrogen and oxygen atoms in total. The van der Waals surface area contributed by atoms with Crippen molar-refractivity contribution < 1.29 is 4.92 Å². The van der Waals surface area contributed by atoms with E-state index in [4.69, 9.17) is 0 Å². The summed E-state index contributed by atoms with van der Waals surface area (Å²) < 4.78 is 0. The molecule has 1 aliphatic rings. The molecular formula is C15H18N4O2. The van der Waals surface area contributed by atoms with Crippen molar-refractivity contribution in [3.8, 4) is 0 Å². The number of hydrogen-bond acceptors (Lipinski definition) is 5. The fraction of sp³-hybridized carbons (Fsp3) is 0.400.